The minimum atomic E-state index is 0.170. The molecule has 0 saturated heterocycles. The molecule has 0 aliphatic heterocycles. The smallest absolute Gasteiger partial charge is 0.0184 e. The van der Waals surface area contributed by atoms with Crippen LogP contribution in [0.1, 0.15) is 0 Å². The molecule has 0 unspecified atom stereocenters. The van der Waals surface area contributed by atoms with Crippen LogP contribution in [0.25, 0.3) is 11.1 Å². The van der Waals surface area contributed by atoms with E-state index < -0.39 is 0 Å². The van der Waals surface area contributed by atoms with Gasteiger partial charge in [-0.05, 0) is 11.1 Å². The van der Waals surface area contributed by atoms with Crippen molar-refractivity contribution in [1.82, 2.24) is 0 Å². The van der Waals surface area contributed by atoms with Crippen molar-refractivity contribution >= 4 is 50.5 Å². The Labute approximate surface area is 120 Å². The van der Waals surface area contributed by atoms with Gasteiger partial charge in [-0.15, -0.1) is 0 Å². The number of halogens is 2. The van der Waals surface area contributed by atoms with Gasteiger partial charge in [0.05, 0.1) is 0 Å². The second-order valence-electron chi connectivity index (χ2n) is 2.80. The van der Waals surface area contributed by atoms with Crippen LogP contribution in [0.5, 0.6) is 0 Å². The Hall–Kier alpha value is 0.699. The minimum Gasteiger partial charge on any atom is -0.0622 e. The number of benzene rings is 2. The summed E-state index contributed by atoms with van der Waals surface area (Å²) < 4.78 is 0. The monoisotopic (exact) mass is 528 g/mol. The summed E-state index contributed by atoms with van der Waals surface area (Å²) in [5.74, 6) is 0. The summed E-state index contributed by atoms with van der Waals surface area (Å²) in [6, 6.07) is 20.8. The van der Waals surface area contributed by atoms with Crippen LogP contribution in [0.2, 0.25) is 0 Å². The zero-order valence-electron chi connectivity index (χ0n) is 8.03. The van der Waals surface area contributed by atoms with E-state index in [1.807, 2.05) is 12.1 Å². The van der Waals surface area contributed by atoms with Crippen molar-refractivity contribution in [2.24, 2.45) is 0 Å². The summed E-state index contributed by atoms with van der Waals surface area (Å²) in [4.78, 5) is 0. The maximum Gasteiger partial charge on any atom is -0.0184 e. The van der Waals surface area contributed by atoms with Crippen molar-refractivity contribution in [2.45, 2.75) is 0 Å². The molecule has 15 heavy (non-hydrogen) atoms. The third-order valence-corrected chi connectivity index (χ3v) is 1.88. The molecule has 0 amide bonds. The minimum absolute atomic E-state index is 0.170. The molecule has 76 valence electrons. The molecule has 2 radical (unpaired) electrons. The van der Waals surface area contributed by atoms with Crippen molar-refractivity contribution in [2.75, 3.05) is 0 Å². The first-order valence-corrected chi connectivity index (χ1v) is 21.1. The van der Waals surface area contributed by atoms with E-state index in [0.717, 1.165) is 0 Å². The third kappa shape index (κ3) is 5.53. The fourth-order valence-corrected chi connectivity index (χ4v) is 1.26. The molecule has 2 rings (SSSR count). The maximum atomic E-state index is 2.45. The van der Waals surface area contributed by atoms with Gasteiger partial charge in [0.1, 0.15) is 0 Å². The van der Waals surface area contributed by atoms with Gasteiger partial charge in [-0.25, -0.2) is 0 Å². The molecule has 0 spiro atoms. The summed E-state index contributed by atoms with van der Waals surface area (Å²) in [6.45, 7) is 0. The van der Waals surface area contributed by atoms with Gasteiger partial charge in [0.25, 0.3) is 0 Å². The number of rotatable bonds is 1. The average molecular weight is 527 g/mol. The van der Waals surface area contributed by atoms with Gasteiger partial charge in [0, 0.05) is 0 Å². The Morgan fingerprint density at radius 3 is 1.13 bits per heavy atom. The number of hydrogen-bond donors (Lipinski definition) is 0. The van der Waals surface area contributed by atoms with Gasteiger partial charge in [-0.2, -0.15) is 0 Å². The average Bonchev–Trinajstić information content (AvgIpc) is 2.32. The normalized spacial score (nSPS) is 8.93. The molecule has 2 aromatic carbocycles. The molecule has 0 N–H and O–H groups in total. The Morgan fingerprint density at radius 2 is 0.867 bits per heavy atom. The summed E-state index contributed by atoms with van der Waals surface area (Å²) in [5, 5.41) is 0. The van der Waals surface area contributed by atoms with Crippen molar-refractivity contribution < 1.29 is 0 Å². The fourth-order valence-electron chi connectivity index (χ4n) is 1.26. The van der Waals surface area contributed by atoms with Gasteiger partial charge in [-0.3, -0.25) is 0 Å². The van der Waals surface area contributed by atoms with E-state index in [0.29, 0.717) is 0 Å². The van der Waals surface area contributed by atoms with Crippen LogP contribution in [-0.4, -0.2) is 13.2 Å². The molecule has 0 nitrogen and oxygen atoms in total. The molecule has 0 saturated carbocycles. The predicted molar refractivity (Wildman–Crippen MR) is 85.7 cm³/mol. The summed E-state index contributed by atoms with van der Waals surface area (Å²) in [6.07, 6.45) is 0. The van der Waals surface area contributed by atoms with Gasteiger partial charge in [-0.1, -0.05) is 60.7 Å². The van der Waals surface area contributed by atoms with Crippen LogP contribution in [0.15, 0.2) is 60.7 Å². The summed E-state index contributed by atoms with van der Waals surface area (Å²) in [7, 11) is 0. The Morgan fingerprint density at radius 1 is 0.600 bits per heavy atom. The van der Waals surface area contributed by atoms with E-state index in [-0.39, 0.29) is 13.2 Å². The first-order valence-electron chi connectivity index (χ1n) is 4.45. The van der Waals surface area contributed by atoms with E-state index >= 15 is 0 Å². The van der Waals surface area contributed by atoms with Gasteiger partial charge >= 0.3 is 50.5 Å². The van der Waals surface area contributed by atoms with Crippen LogP contribution >= 0.6 is 37.3 Å². The predicted octanol–water partition coefficient (Wildman–Crippen LogP) is 4.74. The molecule has 0 bridgehead atoms. The first kappa shape index (κ1) is 13.8. The van der Waals surface area contributed by atoms with E-state index in [9.17, 15) is 0 Å². The molecule has 0 aliphatic carbocycles. The SMILES string of the molecule is [I][Sn][I].c1ccc(-c2ccccc2)cc1. The Bertz CT molecular complexity index is 324. The van der Waals surface area contributed by atoms with E-state index in [4.69, 9.17) is 0 Å². The third-order valence-electron chi connectivity index (χ3n) is 1.88. The standard InChI is InChI=1S/C12H10.2HI.Sn/c1-3-7-11(8-4-1)12-9-5-2-6-10-12;;;/h1-10H;2*1H;/q;;;+2/p-2. The largest absolute Gasteiger partial charge is 0.0622 e. The quantitative estimate of drug-likeness (QED) is 0.372. The second-order valence-corrected chi connectivity index (χ2v) is 24.3. The summed E-state index contributed by atoms with van der Waals surface area (Å²) in [5.41, 5.74) is 2.55. The zero-order valence-corrected chi connectivity index (χ0v) is 15.2. The Kier molecular flexibility index (Phi) is 8.08. The zero-order chi connectivity index (χ0) is 10.9. The maximum absolute atomic E-state index is 2.45. The molecule has 0 heterocycles. The Balaban J connectivity index is 0.000000337. The van der Waals surface area contributed by atoms with Crippen molar-refractivity contribution in [3.8, 4) is 11.1 Å². The van der Waals surface area contributed by atoms with E-state index in [2.05, 4.69) is 85.8 Å². The topological polar surface area (TPSA) is 0 Å². The van der Waals surface area contributed by atoms with Gasteiger partial charge < -0.3 is 0 Å². The molecule has 3 heteroatoms. The van der Waals surface area contributed by atoms with E-state index in [1.54, 1.807) is 0 Å². The van der Waals surface area contributed by atoms with E-state index in [1.165, 1.54) is 11.1 Å². The molecule has 2 aromatic rings. The molecular weight excluding hydrogens is 517 g/mol. The van der Waals surface area contributed by atoms with Crippen LogP contribution in [0.4, 0.5) is 0 Å². The van der Waals surface area contributed by atoms with Gasteiger partial charge in [0.15, 0.2) is 0 Å². The number of hydrogen-bond acceptors (Lipinski definition) is 0. The van der Waals surface area contributed by atoms with Gasteiger partial charge in [0.2, 0.25) is 0 Å². The van der Waals surface area contributed by atoms with Crippen LogP contribution in [0, 0.1) is 0 Å². The van der Waals surface area contributed by atoms with Crippen LogP contribution in [-0.2, 0) is 0 Å². The van der Waals surface area contributed by atoms with Crippen LogP contribution < -0.4 is 0 Å². The first-order chi connectivity index (χ1) is 7.38. The summed E-state index contributed by atoms with van der Waals surface area (Å²) >= 11 is 5.06. The molecule has 0 atom stereocenters. The molecule has 0 aliphatic rings. The second kappa shape index (κ2) is 8.81. The van der Waals surface area contributed by atoms with Crippen molar-refractivity contribution in [1.29, 1.82) is 0 Å². The van der Waals surface area contributed by atoms with Crippen molar-refractivity contribution in [3.63, 3.8) is 0 Å². The molecular formula is C12H10I2Sn. The fraction of sp³-hybridized carbons (Fsp3) is 0. The van der Waals surface area contributed by atoms with Crippen LogP contribution in [0.3, 0.4) is 0 Å². The molecule has 0 aromatic heterocycles. The molecule has 0 fully saturated rings. The van der Waals surface area contributed by atoms with Crippen molar-refractivity contribution in [3.05, 3.63) is 60.7 Å².